The molecule has 1 N–H and O–H groups in total. The number of piperidine rings is 1. The summed E-state index contributed by atoms with van der Waals surface area (Å²) in [4.78, 5) is 2.53. The van der Waals surface area contributed by atoms with Gasteiger partial charge in [0.15, 0.2) is 0 Å². The van der Waals surface area contributed by atoms with Gasteiger partial charge < -0.3 is 10.2 Å². The van der Waals surface area contributed by atoms with Crippen LogP contribution in [0.2, 0.25) is 0 Å². The normalized spacial score (nSPS) is 26.9. The number of benzene rings is 1. The van der Waals surface area contributed by atoms with Gasteiger partial charge in [0, 0.05) is 27.6 Å². The molecule has 1 aromatic carbocycles. The second-order valence-electron chi connectivity index (χ2n) is 5.71. The number of halogens is 2. The van der Waals surface area contributed by atoms with Gasteiger partial charge in [0.2, 0.25) is 0 Å². The van der Waals surface area contributed by atoms with Gasteiger partial charge >= 0.3 is 0 Å². The number of para-hydroxylation sites is 1. The van der Waals surface area contributed by atoms with Crippen LogP contribution in [0.5, 0.6) is 0 Å². The number of nitrogens with zero attached hydrogens (tertiary/aromatic N) is 1. The molecule has 1 saturated heterocycles. The van der Waals surface area contributed by atoms with E-state index in [2.05, 4.69) is 81.0 Å². The van der Waals surface area contributed by atoms with Gasteiger partial charge in [0.1, 0.15) is 0 Å². The van der Waals surface area contributed by atoms with Crippen LogP contribution in [-0.4, -0.2) is 25.2 Å². The van der Waals surface area contributed by atoms with E-state index >= 15 is 0 Å². The highest BCUT2D eigenvalue weighted by Gasteiger charge is 2.33. The van der Waals surface area contributed by atoms with E-state index < -0.39 is 0 Å². The summed E-state index contributed by atoms with van der Waals surface area (Å²) in [5.74, 6) is 0.648. The Morgan fingerprint density at radius 2 is 1.90 bits per heavy atom. The third kappa shape index (κ3) is 3.40. The minimum absolute atomic E-state index is 0.535. The lowest BCUT2D eigenvalue weighted by molar-refractivity contribution is 0.271. The molecule has 1 heterocycles. The highest BCUT2D eigenvalue weighted by Crippen LogP contribution is 2.38. The average Bonchev–Trinajstić information content (AvgIpc) is 2.42. The molecule has 0 aliphatic carbocycles. The van der Waals surface area contributed by atoms with E-state index in [0.29, 0.717) is 18.0 Å². The molecule has 112 valence electrons. The number of hydrogen-bond acceptors (Lipinski definition) is 2. The Labute approximate surface area is 139 Å². The van der Waals surface area contributed by atoms with Crippen molar-refractivity contribution in [3.05, 3.63) is 27.1 Å². The molecule has 1 fully saturated rings. The number of rotatable bonds is 4. The Morgan fingerprint density at radius 3 is 2.50 bits per heavy atom. The van der Waals surface area contributed by atoms with E-state index in [-0.39, 0.29) is 0 Å². The molecule has 3 atom stereocenters. The quantitative estimate of drug-likeness (QED) is 0.775. The second-order valence-corrected chi connectivity index (χ2v) is 7.42. The van der Waals surface area contributed by atoms with E-state index in [1.165, 1.54) is 27.5 Å². The lowest BCUT2D eigenvalue weighted by Gasteiger charge is -2.45. The maximum atomic E-state index is 3.70. The zero-order valence-electron chi connectivity index (χ0n) is 12.5. The van der Waals surface area contributed by atoms with Crippen molar-refractivity contribution in [1.82, 2.24) is 5.32 Å². The summed E-state index contributed by atoms with van der Waals surface area (Å²) in [6.45, 7) is 9.17. The molecule has 1 aliphatic rings. The fourth-order valence-corrected chi connectivity index (χ4v) is 4.52. The molecule has 4 heteroatoms. The molecule has 3 unspecified atom stereocenters. The summed E-state index contributed by atoms with van der Waals surface area (Å²) >= 11 is 7.40. The minimum Gasteiger partial charge on any atom is -0.367 e. The van der Waals surface area contributed by atoms with E-state index in [9.17, 15) is 0 Å². The topological polar surface area (TPSA) is 15.3 Å². The predicted molar refractivity (Wildman–Crippen MR) is 94.5 cm³/mol. The summed E-state index contributed by atoms with van der Waals surface area (Å²) in [7, 11) is 0. The predicted octanol–water partition coefficient (Wildman–Crippen LogP) is 4.81. The van der Waals surface area contributed by atoms with Crippen LogP contribution in [0.3, 0.4) is 0 Å². The zero-order valence-corrected chi connectivity index (χ0v) is 15.7. The molecule has 0 amide bonds. The van der Waals surface area contributed by atoms with Crippen molar-refractivity contribution in [3.63, 3.8) is 0 Å². The molecule has 20 heavy (non-hydrogen) atoms. The van der Waals surface area contributed by atoms with Crippen molar-refractivity contribution < 1.29 is 0 Å². The first-order valence-corrected chi connectivity index (χ1v) is 9.08. The lowest BCUT2D eigenvalue weighted by Crippen LogP contribution is -2.53. The van der Waals surface area contributed by atoms with Gasteiger partial charge in [0.25, 0.3) is 0 Å². The van der Waals surface area contributed by atoms with Crippen LogP contribution in [0.25, 0.3) is 0 Å². The molecule has 1 aliphatic heterocycles. The maximum absolute atomic E-state index is 3.70. The first-order valence-electron chi connectivity index (χ1n) is 7.50. The van der Waals surface area contributed by atoms with Gasteiger partial charge in [-0.1, -0.05) is 19.9 Å². The van der Waals surface area contributed by atoms with E-state index in [0.717, 1.165) is 13.1 Å². The molecule has 0 bridgehead atoms. The molecule has 0 aromatic heterocycles. The first-order chi connectivity index (χ1) is 9.56. The second kappa shape index (κ2) is 7.28. The van der Waals surface area contributed by atoms with Gasteiger partial charge in [-0.05, 0) is 76.2 Å². The molecule has 0 spiro atoms. The van der Waals surface area contributed by atoms with Gasteiger partial charge in [-0.25, -0.2) is 0 Å². The molecule has 2 nitrogen and oxygen atoms in total. The van der Waals surface area contributed by atoms with Gasteiger partial charge in [-0.3, -0.25) is 0 Å². The van der Waals surface area contributed by atoms with E-state index in [4.69, 9.17) is 0 Å². The van der Waals surface area contributed by atoms with Crippen molar-refractivity contribution in [1.29, 1.82) is 0 Å². The summed E-state index contributed by atoms with van der Waals surface area (Å²) in [5, 5.41) is 3.70. The molecular formula is C16H24Br2N2. The van der Waals surface area contributed by atoms with Gasteiger partial charge in [-0.15, -0.1) is 0 Å². The average molecular weight is 404 g/mol. The minimum atomic E-state index is 0.535. The van der Waals surface area contributed by atoms with Crippen molar-refractivity contribution in [3.8, 4) is 0 Å². The van der Waals surface area contributed by atoms with Crippen LogP contribution in [0, 0.1) is 5.92 Å². The number of nitrogens with one attached hydrogen (secondary N) is 1. The highest BCUT2D eigenvalue weighted by atomic mass is 79.9. The number of hydrogen-bond donors (Lipinski definition) is 1. The standard InChI is InChI=1S/C16H24Br2N2/c1-4-9-19-15-8-10-20(12(3)11(15)2)16-13(17)6-5-7-14(16)18/h5-7,11-12,15,19H,4,8-10H2,1-3H3. The third-order valence-electron chi connectivity index (χ3n) is 4.45. The van der Waals surface area contributed by atoms with Crippen LogP contribution < -0.4 is 10.2 Å². The van der Waals surface area contributed by atoms with Crippen molar-refractivity contribution in [2.24, 2.45) is 5.92 Å². The third-order valence-corrected chi connectivity index (χ3v) is 5.73. The Hall–Kier alpha value is -0.0600. The molecular weight excluding hydrogens is 380 g/mol. The fraction of sp³-hybridized carbons (Fsp3) is 0.625. The smallest absolute Gasteiger partial charge is 0.0657 e. The maximum Gasteiger partial charge on any atom is 0.0657 e. The van der Waals surface area contributed by atoms with Crippen molar-refractivity contribution in [2.75, 3.05) is 18.0 Å². The number of anilines is 1. The first kappa shape index (κ1) is 16.3. The van der Waals surface area contributed by atoms with Gasteiger partial charge in [-0.2, -0.15) is 0 Å². The summed E-state index contributed by atoms with van der Waals surface area (Å²) < 4.78 is 2.34. The van der Waals surface area contributed by atoms with E-state index in [1.807, 2.05) is 0 Å². The Balaban J connectivity index is 2.16. The molecule has 2 rings (SSSR count). The van der Waals surface area contributed by atoms with Crippen LogP contribution >= 0.6 is 31.9 Å². The van der Waals surface area contributed by atoms with Crippen LogP contribution in [0.1, 0.15) is 33.6 Å². The van der Waals surface area contributed by atoms with Crippen molar-refractivity contribution in [2.45, 2.75) is 45.7 Å². The molecule has 0 saturated carbocycles. The molecule has 1 aromatic rings. The SMILES string of the molecule is CCCNC1CCN(c2c(Br)cccc2Br)C(C)C1C. The van der Waals surface area contributed by atoms with E-state index in [1.54, 1.807) is 0 Å². The lowest BCUT2D eigenvalue weighted by atomic mass is 9.86. The summed E-state index contributed by atoms with van der Waals surface area (Å²) in [5.41, 5.74) is 1.29. The Morgan fingerprint density at radius 1 is 1.25 bits per heavy atom. The van der Waals surface area contributed by atoms with Gasteiger partial charge in [0.05, 0.1) is 5.69 Å². The van der Waals surface area contributed by atoms with Crippen LogP contribution in [-0.2, 0) is 0 Å². The Bertz CT molecular complexity index is 430. The summed E-state index contributed by atoms with van der Waals surface area (Å²) in [6, 6.07) is 7.50. The van der Waals surface area contributed by atoms with Crippen molar-refractivity contribution >= 4 is 37.5 Å². The Kier molecular flexibility index (Phi) is 5.94. The highest BCUT2D eigenvalue weighted by molar-refractivity contribution is 9.11. The van der Waals surface area contributed by atoms with Crippen LogP contribution in [0.4, 0.5) is 5.69 Å². The molecule has 0 radical (unpaired) electrons. The largest absolute Gasteiger partial charge is 0.367 e. The van der Waals surface area contributed by atoms with Crippen LogP contribution in [0.15, 0.2) is 27.1 Å². The monoisotopic (exact) mass is 402 g/mol. The fourth-order valence-electron chi connectivity index (χ4n) is 3.06. The zero-order chi connectivity index (χ0) is 14.7. The summed E-state index contributed by atoms with van der Waals surface area (Å²) in [6.07, 6.45) is 2.41.